The number of hydroxylamine groups is 1. The monoisotopic (exact) mass is 509 g/mol. The van der Waals surface area contributed by atoms with Gasteiger partial charge in [-0.25, -0.2) is 0 Å². The first-order valence-corrected chi connectivity index (χ1v) is 12.1. The first-order chi connectivity index (χ1) is 16.4. The van der Waals surface area contributed by atoms with Crippen LogP contribution in [0, 0.1) is 5.92 Å². The number of anilines is 1. The molecule has 0 spiro atoms. The molecule has 1 amide bonds. The second-order valence-electron chi connectivity index (χ2n) is 9.70. The van der Waals surface area contributed by atoms with Gasteiger partial charge in [0.15, 0.2) is 0 Å². The van der Waals surface area contributed by atoms with E-state index in [2.05, 4.69) is 15.7 Å². The van der Waals surface area contributed by atoms with Gasteiger partial charge < -0.3 is 15.1 Å². The number of halogens is 6. The molecule has 0 aromatic heterocycles. The van der Waals surface area contributed by atoms with Crippen molar-refractivity contribution in [2.45, 2.75) is 76.2 Å². The zero-order valence-electron chi connectivity index (χ0n) is 19.8. The van der Waals surface area contributed by atoms with Crippen molar-refractivity contribution in [3.63, 3.8) is 0 Å². The Balaban J connectivity index is 1.53. The van der Waals surface area contributed by atoms with Gasteiger partial charge in [0, 0.05) is 18.7 Å². The number of nitrogens with zero attached hydrogens (tertiary/aromatic N) is 1. The summed E-state index contributed by atoms with van der Waals surface area (Å²) < 4.78 is 78.3. The van der Waals surface area contributed by atoms with E-state index in [1.807, 2.05) is 6.92 Å². The van der Waals surface area contributed by atoms with Gasteiger partial charge in [0.25, 0.3) is 0 Å². The Hall–Kier alpha value is -1.85. The molecular formula is C24H33F6N3O2. The molecule has 1 aliphatic heterocycles. The molecule has 1 saturated heterocycles. The molecule has 0 bridgehead atoms. The molecule has 5 nitrogen and oxygen atoms in total. The molecule has 0 radical (unpaired) electrons. The van der Waals surface area contributed by atoms with E-state index in [4.69, 9.17) is 4.84 Å². The summed E-state index contributed by atoms with van der Waals surface area (Å²) >= 11 is 0. The molecule has 198 valence electrons. The summed E-state index contributed by atoms with van der Waals surface area (Å²) in [5, 5.41) is 2.24. The number of carbonyl (C=O) groups is 1. The van der Waals surface area contributed by atoms with Crippen molar-refractivity contribution < 1.29 is 36.0 Å². The third kappa shape index (κ3) is 8.08. The first kappa shape index (κ1) is 27.7. The lowest BCUT2D eigenvalue weighted by molar-refractivity contribution is -0.143. The summed E-state index contributed by atoms with van der Waals surface area (Å²) in [5.74, 6) is -0.569. The van der Waals surface area contributed by atoms with Crippen molar-refractivity contribution in [2.75, 3.05) is 31.6 Å². The molecule has 1 aromatic carbocycles. The number of nitrogens with one attached hydrogen (secondary N) is 2. The van der Waals surface area contributed by atoms with Crippen molar-refractivity contribution in [3.8, 4) is 0 Å². The van der Waals surface area contributed by atoms with Gasteiger partial charge in [-0.15, -0.1) is 0 Å². The number of hydrogen-bond acceptors (Lipinski definition) is 4. The predicted molar refractivity (Wildman–Crippen MR) is 119 cm³/mol. The van der Waals surface area contributed by atoms with Gasteiger partial charge in [0.1, 0.15) is 0 Å². The highest BCUT2D eigenvalue weighted by Gasteiger charge is 2.38. The minimum absolute atomic E-state index is 0.0166. The van der Waals surface area contributed by atoms with Gasteiger partial charge in [0.05, 0.1) is 23.3 Å². The van der Waals surface area contributed by atoms with Gasteiger partial charge in [-0.1, -0.05) is 19.8 Å². The van der Waals surface area contributed by atoms with Crippen molar-refractivity contribution in [2.24, 2.45) is 5.92 Å². The minimum Gasteiger partial charge on any atom is -0.326 e. The summed E-state index contributed by atoms with van der Waals surface area (Å²) in [6.45, 7) is 5.09. The number of rotatable bonds is 9. The fourth-order valence-corrected chi connectivity index (χ4v) is 4.93. The largest absolute Gasteiger partial charge is 0.416 e. The van der Waals surface area contributed by atoms with Gasteiger partial charge in [-0.05, 0) is 69.3 Å². The van der Waals surface area contributed by atoms with Gasteiger partial charge in [-0.3, -0.25) is 4.79 Å². The third-order valence-corrected chi connectivity index (χ3v) is 6.73. The molecule has 1 aromatic rings. The molecule has 1 saturated carbocycles. The molecule has 2 N–H and O–H groups in total. The number of piperidine rings is 1. The predicted octanol–water partition coefficient (Wildman–Crippen LogP) is 6.01. The average molecular weight is 510 g/mol. The summed E-state index contributed by atoms with van der Waals surface area (Å²) in [5.41, 5.74) is -0.197. The molecule has 1 heterocycles. The van der Waals surface area contributed by atoms with Gasteiger partial charge >= 0.3 is 12.4 Å². The van der Waals surface area contributed by atoms with Crippen LogP contribution in [0.5, 0.6) is 0 Å². The maximum atomic E-state index is 13.0. The molecule has 3 rings (SSSR count). The lowest BCUT2D eigenvalue weighted by atomic mass is 9.91. The van der Waals surface area contributed by atoms with Crippen LogP contribution in [0.1, 0.15) is 69.4 Å². The number of alkyl halides is 6. The Bertz CT molecular complexity index is 812. The maximum absolute atomic E-state index is 13.0. The van der Waals surface area contributed by atoms with Gasteiger partial charge in [-0.2, -0.15) is 31.8 Å². The van der Waals surface area contributed by atoms with E-state index in [9.17, 15) is 31.1 Å². The van der Waals surface area contributed by atoms with Crippen LogP contribution in [0.2, 0.25) is 0 Å². The van der Waals surface area contributed by atoms with Crippen LogP contribution in [0.3, 0.4) is 0 Å². The van der Waals surface area contributed by atoms with E-state index < -0.39 is 35.1 Å². The van der Waals surface area contributed by atoms with Crippen LogP contribution in [0.4, 0.5) is 32.0 Å². The van der Waals surface area contributed by atoms with E-state index >= 15 is 0 Å². The zero-order chi connectivity index (χ0) is 25.7. The van der Waals surface area contributed by atoms with E-state index in [0.29, 0.717) is 18.7 Å². The smallest absolute Gasteiger partial charge is 0.326 e. The van der Waals surface area contributed by atoms with Crippen LogP contribution in [-0.4, -0.2) is 42.6 Å². The van der Waals surface area contributed by atoms with E-state index in [1.165, 1.54) is 0 Å². The third-order valence-electron chi connectivity index (χ3n) is 6.73. The van der Waals surface area contributed by atoms with E-state index in [0.717, 1.165) is 64.6 Å². The summed E-state index contributed by atoms with van der Waals surface area (Å²) in [4.78, 5) is 20.4. The highest BCUT2D eigenvalue weighted by molar-refractivity contribution is 5.91. The second-order valence-corrected chi connectivity index (χ2v) is 9.70. The molecule has 0 atom stereocenters. The molecule has 1 aliphatic carbocycles. The quantitative estimate of drug-likeness (QED) is 0.243. The number of amides is 1. The molecule has 2 aliphatic rings. The van der Waals surface area contributed by atoms with E-state index in [1.54, 1.807) is 0 Å². The Kier molecular flexibility index (Phi) is 9.09. The van der Waals surface area contributed by atoms with Crippen LogP contribution in [0.25, 0.3) is 0 Å². The molecule has 35 heavy (non-hydrogen) atoms. The Morgan fingerprint density at radius 3 is 2.11 bits per heavy atom. The zero-order valence-corrected chi connectivity index (χ0v) is 19.8. The van der Waals surface area contributed by atoms with Crippen molar-refractivity contribution >= 4 is 11.6 Å². The number of likely N-dealkylation sites (tertiary alicyclic amines) is 1. The van der Waals surface area contributed by atoms with Crippen molar-refractivity contribution in [1.29, 1.82) is 0 Å². The highest BCUT2D eigenvalue weighted by atomic mass is 19.4. The number of hydrogen-bond donors (Lipinski definition) is 2. The number of carbonyl (C=O) groups excluding carboxylic acids is 1. The van der Waals surface area contributed by atoms with Crippen LogP contribution in [0.15, 0.2) is 18.2 Å². The standard InChI is InChI=1S/C24H33F6N3O2/c1-2-11-35-32-22(7-3-4-8-22)16-33-9-5-17(6-10-33)12-21(34)31-20-14-18(23(25,26)27)13-19(15-20)24(28,29)30/h13-15,17,32H,2-12,16H2,1H3,(H,31,34). The Morgan fingerprint density at radius 1 is 1.03 bits per heavy atom. The molecule has 2 fully saturated rings. The average Bonchev–Trinajstić information content (AvgIpc) is 3.22. The summed E-state index contributed by atoms with van der Waals surface area (Å²) in [7, 11) is 0. The first-order valence-electron chi connectivity index (χ1n) is 12.1. The normalized spacial score (nSPS) is 19.7. The van der Waals surface area contributed by atoms with Gasteiger partial charge in [0.2, 0.25) is 5.91 Å². The lowest BCUT2D eigenvalue weighted by Crippen LogP contribution is -2.53. The fraction of sp³-hybridized carbons (Fsp3) is 0.708. The Morgan fingerprint density at radius 2 is 1.60 bits per heavy atom. The summed E-state index contributed by atoms with van der Waals surface area (Å²) in [6, 6.07) is 1.11. The maximum Gasteiger partial charge on any atom is 0.416 e. The topological polar surface area (TPSA) is 53.6 Å². The summed E-state index contributed by atoms with van der Waals surface area (Å²) in [6.07, 6.45) is -3.11. The van der Waals surface area contributed by atoms with Crippen LogP contribution < -0.4 is 10.8 Å². The van der Waals surface area contributed by atoms with E-state index in [-0.39, 0.29) is 23.9 Å². The second kappa shape index (κ2) is 11.5. The van der Waals surface area contributed by atoms with Crippen LogP contribution in [-0.2, 0) is 22.0 Å². The van der Waals surface area contributed by atoms with Crippen LogP contribution >= 0.6 is 0 Å². The molecule has 11 heteroatoms. The van der Waals surface area contributed by atoms with Crippen molar-refractivity contribution in [3.05, 3.63) is 29.3 Å². The molecule has 0 unspecified atom stereocenters. The van der Waals surface area contributed by atoms with Crippen molar-refractivity contribution in [1.82, 2.24) is 10.4 Å². The minimum atomic E-state index is -4.96. The lowest BCUT2D eigenvalue weighted by Gasteiger charge is -2.39. The Labute approximate surface area is 201 Å². The SMILES string of the molecule is CCCONC1(CN2CCC(CC(=O)Nc3cc(C(F)(F)F)cc(C(F)(F)F)c3)CC2)CCCC1. The molecular weight excluding hydrogens is 476 g/mol. The fourth-order valence-electron chi connectivity index (χ4n) is 4.93. The highest BCUT2D eigenvalue weighted by Crippen LogP contribution is 2.38. The number of benzene rings is 1.